The van der Waals surface area contributed by atoms with E-state index in [1.807, 2.05) is 0 Å². The zero-order valence-corrected chi connectivity index (χ0v) is 15.4. The average molecular weight is 395 g/mol. The normalized spacial score (nSPS) is 11.4. The minimum absolute atomic E-state index is 0.0484. The molecule has 3 N–H and O–H groups in total. The molecular weight excluding hydrogens is 378 g/mol. The molecule has 3 rings (SSSR count). The summed E-state index contributed by atoms with van der Waals surface area (Å²) in [5, 5.41) is 19.5. The number of carbonyl (C=O) groups excluding carboxylic acids is 1. The number of rotatable bonds is 6. The van der Waals surface area contributed by atoms with E-state index in [1.54, 1.807) is 42.5 Å². The molecule has 0 aliphatic rings. The van der Waals surface area contributed by atoms with Crippen LogP contribution < -0.4 is 4.72 Å². The number of allylic oxidation sites excluding steroid dienone is 1. The molecule has 0 aliphatic heterocycles. The number of aromatic hydroxyl groups is 2. The standard InChI is InChI=1S/C21H17NO5S/c23-17-10-12-18(13-11-17)28(26,27)22-21-16(7-4-8-20(21)25)9-14-19(24)15-5-2-1-3-6-15/h1-14,22-23,25H. The lowest BCUT2D eigenvalue weighted by molar-refractivity contribution is 0.104. The molecule has 0 aromatic heterocycles. The molecule has 0 heterocycles. The first-order chi connectivity index (χ1) is 13.4. The monoisotopic (exact) mass is 395 g/mol. The van der Waals surface area contributed by atoms with Gasteiger partial charge < -0.3 is 10.2 Å². The first kappa shape index (κ1) is 19.2. The SMILES string of the molecule is O=C(C=Cc1cccc(O)c1NS(=O)(=O)c1ccc(O)cc1)c1ccccc1. The summed E-state index contributed by atoms with van der Waals surface area (Å²) in [6.07, 6.45) is 2.74. The second-order valence-electron chi connectivity index (χ2n) is 5.90. The maximum atomic E-state index is 12.6. The Hall–Kier alpha value is -3.58. The highest BCUT2D eigenvalue weighted by Gasteiger charge is 2.18. The maximum absolute atomic E-state index is 12.6. The Morgan fingerprint density at radius 2 is 1.54 bits per heavy atom. The highest BCUT2D eigenvalue weighted by Crippen LogP contribution is 2.31. The quantitative estimate of drug-likeness (QED) is 0.335. The average Bonchev–Trinajstić information content (AvgIpc) is 2.69. The molecule has 28 heavy (non-hydrogen) atoms. The number of para-hydroxylation sites is 1. The molecule has 6 nitrogen and oxygen atoms in total. The molecule has 0 unspecified atom stereocenters. The van der Waals surface area contributed by atoms with Gasteiger partial charge in [-0.15, -0.1) is 0 Å². The maximum Gasteiger partial charge on any atom is 0.262 e. The Labute approximate surface area is 162 Å². The minimum Gasteiger partial charge on any atom is -0.508 e. The summed E-state index contributed by atoms with van der Waals surface area (Å²) in [4.78, 5) is 12.2. The molecule has 7 heteroatoms. The van der Waals surface area contributed by atoms with Crippen LogP contribution in [-0.4, -0.2) is 24.4 Å². The lowest BCUT2D eigenvalue weighted by atomic mass is 10.1. The summed E-state index contributed by atoms with van der Waals surface area (Å²) in [7, 11) is -4.01. The molecule has 0 spiro atoms. The summed E-state index contributed by atoms with van der Waals surface area (Å²) in [5.41, 5.74) is 0.768. The Morgan fingerprint density at radius 1 is 0.857 bits per heavy atom. The van der Waals surface area contributed by atoms with Gasteiger partial charge in [-0.25, -0.2) is 8.42 Å². The fourth-order valence-corrected chi connectivity index (χ4v) is 3.59. The highest BCUT2D eigenvalue weighted by atomic mass is 32.2. The fraction of sp³-hybridized carbons (Fsp3) is 0. The van der Waals surface area contributed by atoms with Crippen molar-refractivity contribution in [3.05, 3.63) is 90.0 Å². The van der Waals surface area contributed by atoms with Crippen molar-refractivity contribution in [2.75, 3.05) is 4.72 Å². The van der Waals surface area contributed by atoms with Crippen LogP contribution in [0.4, 0.5) is 5.69 Å². The minimum atomic E-state index is -4.01. The molecule has 3 aromatic rings. The van der Waals surface area contributed by atoms with E-state index < -0.39 is 10.0 Å². The van der Waals surface area contributed by atoms with E-state index in [2.05, 4.69) is 4.72 Å². The zero-order chi connectivity index (χ0) is 20.1. The van der Waals surface area contributed by atoms with Gasteiger partial charge >= 0.3 is 0 Å². The summed E-state index contributed by atoms with van der Waals surface area (Å²) in [6.45, 7) is 0. The van der Waals surface area contributed by atoms with Crippen molar-refractivity contribution in [2.24, 2.45) is 0 Å². The number of nitrogens with one attached hydrogen (secondary N) is 1. The third-order valence-corrected chi connectivity index (χ3v) is 5.30. The number of phenols is 2. The number of benzene rings is 3. The first-order valence-electron chi connectivity index (χ1n) is 8.28. The number of carbonyl (C=O) groups is 1. The fourth-order valence-electron chi connectivity index (χ4n) is 2.49. The van der Waals surface area contributed by atoms with Crippen molar-refractivity contribution in [1.82, 2.24) is 0 Å². The molecule has 3 aromatic carbocycles. The Balaban J connectivity index is 1.91. The number of hydrogen-bond donors (Lipinski definition) is 3. The third-order valence-electron chi connectivity index (χ3n) is 3.93. The lowest BCUT2D eigenvalue weighted by Crippen LogP contribution is -2.13. The molecule has 0 saturated heterocycles. The van der Waals surface area contributed by atoms with E-state index in [0.29, 0.717) is 11.1 Å². The van der Waals surface area contributed by atoms with E-state index >= 15 is 0 Å². The van der Waals surface area contributed by atoms with Crippen LogP contribution >= 0.6 is 0 Å². The molecule has 0 radical (unpaired) electrons. The van der Waals surface area contributed by atoms with Crippen molar-refractivity contribution < 1.29 is 23.4 Å². The van der Waals surface area contributed by atoms with Gasteiger partial charge in [-0.05, 0) is 42.5 Å². The zero-order valence-electron chi connectivity index (χ0n) is 14.6. The van der Waals surface area contributed by atoms with Gasteiger partial charge in [0.25, 0.3) is 10.0 Å². The van der Waals surface area contributed by atoms with E-state index in [1.165, 1.54) is 42.5 Å². The van der Waals surface area contributed by atoms with Gasteiger partial charge in [-0.3, -0.25) is 9.52 Å². The smallest absolute Gasteiger partial charge is 0.262 e. The Bertz CT molecular complexity index is 1120. The largest absolute Gasteiger partial charge is 0.508 e. The van der Waals surface area contributed by atoms with Crippen LogP contribution in [0.3, 0.4) is 0 Å². The number of ketones is 1. The second kappa shape index (κ2) is 7.98. The van der Waals surface area contributed by atoms with Gasteiger partial charge in [0.15, 0.2) is 5.78 Å². The van der Waals surface area contributed by atoms with Crippen molar-refractivity contribution in [3.63, 3.8) is 0 Å². The van der Waals surface area contributed by atoms with Crippen LogP contribution in [0.25, 0.3) is 6.08 Å². The van der Waals surface area contributed by atoms with Crippen LogP contribution in [0.15, 0.2) is 83.8 Å². The predicted octanol–water partition coefficient (Wildman–Crippen LogP) is 3.79. The molecule has 0 atom stereocenters. The van der Waals surface area contributed by atoms with Gasteiger partial charge in [0.1, 0.15) is 11.5 Å². The van der Waals surface area contributed by atoms with Gasteiger partial charge in [0, 0.05) is 11.1 Å². The van der Waals surface area contributed by atoms with Crippen LogP contribution in [0.2, 0.25) is 0 Å². The van der Waals surface area contributed by atoms with E-state index in [-0.39, 0.29) is 27.9 Å². The molecule has 0 fully saturated rings. The number of phenolic OH excluding ortho intramolecular Hbond substituents is 2. The van der Waals surface area contributed by atoms with Crippen LogP contribution in [0.1, 0.15) is 15.9 Å². The van der Waals surface area contributed by atoms with Crippen molar-refractivity contribution in [2.45, 2.75) is 4.90 Å². The highest BCUT2D eigenvalue weighted by molar-refractivity contribution is 7.92. The topological polar surface area (TPSA) is 104 Å². The van der Waals surface area contributed by atoms with E-state index in [0.717, 1.165) is 0 Å². The molecule has 142 valence electrons. The lowest BCUT2D eigenvalue weighted by Gasteiger charge is -2.12. The summed E-state index contributed by atoms with van der Waals surface area (Å²) in [6, 6.07) is 18.1. The first-order valence-corrected chi connectivity index (χ1v) is 9.76. The number of hydrogen-bond acceptors (Lipinski definition) is 5. The molecule has 0 saturated carbocycles. The Kier molecular flexibility index (Phi) is 5.47. The van der Waals surface area contributed by atoms with Gasteiger partial charge in [0.2, 0.25) is 0 Å². The van der Waals surface area contributed by atoms with Crippen LogP contribution in [0.5, 0.6) is 11.5 Å². The van der Waals surface area contributed by atoms with E-state index in [9.17, 15) is 23.4 Å². The van der Waals surface area contributed by atoms with Crippen molar-refractivity contribution in [1.29, 1.82) is 0 Å². The van der Waals surface area contributed by atoms with Crippen LogP contribution in [-0.2, 0) is 10.0 Å². The van der Waals surface area contributed by atoms with Crippen LogP contribution in [0, 0.1) is 0 Å². The Morgan fingerprint density at radius 3 is 2.21 bits per heavy atom. The summed E-state index contributed by atoms with van der Waals surface area (Å²) >= 11 is 0. The van der Waals surface area contributed by atoms with Gasteiger partial charge in [0.05, 0.1) is 10.6 Å². The molecule has 0 bridgehead atoms. The van der Waals surface area contributed by atoms with Gasteiger partial charge in [-0.1, -0.05) is 42.5 Å². The molecule has 0 aliphatic carbocycles. The van der Waals surface area contributed by atoms with Crippen molar-refractivity contribution >= 4 is 27.6 Å². The summed E-state index contributed by atoms with van der Waals surface area (Å²) < 4.78 is 27.5. The second-order valence-corrected chi connectivity index (χ2v) is 7.59. The molecule has 0 amide bonds. The predicted molar refractivity (Wildman–Crippen MR) is 107 cm³/mol. The number of anilines is 1. The van der Waals surface area contributed by atoms with E-state index in [4.69, 9.17) is 0 Å². The summed E-state index contributed by atoms with van der Waals surface area (Å²) in [5.74, 6) is -0.600. The van der Waals surface area contributed by atoms with Gasteiger partial charge in [-0.2, -0.15) is 0 Å². The molecular formula is C21H17NO5S. The van der Waals surface area contributed by atoms with Crippen molar-refractivity contribution in [3.8, 4) is 11.5 Å². The third kappa shape index (κ3) is 4.39. The number of sulfonamides is 1.